The fraction of sp³-hybridized carbons (Fsp3) is 0.429. The lowest BCUT2D eigenvalue weighted by Gasteiger charge is -2.36. The van der Waals surface area contributed by atoms with E-state index in [1.54, 1.807) is 35.5 Å². The standard InChI is InChI=1S/C21H24FN5O2/c22-17-4-2-16(3-5-17)6-11-23-18(28)21(7-8-21)19(29)26-12-14-27(15-13-26)20-24-9-1-10-25-20/h1-5,9-10H,6-8,11-15H2,(H,23,28). The van der Waals surface area contributed by atoms with E-state index in [1.807, 2.05) is 4.90 Å². The normalized spacial score (nSPS) is 17.7. The molecule has 0 radical (unpaired) electrons. The second-order valence-corrected chi connectivity index (χ2v) is 7.54. The molecular weight excluding hydrogens is 373 g/mol. The van der Waals surface area contributed by atoms with E-state index in [4.69, 9.17) is 0 Å². The molecule has 1 saturated heterocycles. The molecule has 2 fully saturated rings. The van der Waals surface area contributed by atoms with Crippen molar-refractivity contribution in [2.75, 3.05) is 37.6 Å². The molecule has 2 aromatic rings. The van der Waals surface area contributed by atoms with Crippen molar-refractivity contribution < 1.29 is 14.0 Å². The Labute approximate surface area is 168 Å². The van der Waals surface area contributed by atoms with Crippen LogP contribution in [-0.4, -0.2) is 59.4 Å². The van der Waals surface area contributed by atoms with E-state index in [9.17, 15) is 14.0 Å². The van der Waals surface area contributed by atoms with Crippen molar-refractivity contribution in [2.45, 2.75) is 19.3 Å². The Hall–Kier alpha value is -3.03. The zero-order chi connectivity index (χ0) is 20.3. The molecule has 2 amide bonds. The molecular formula is C21H24FN5O2. The monoisotopic (exact) mass is 397 g/mol. The second-order valence-electron chi connectivity index (χ2n) is 7.54. The van der Waals surface area contributed by atoms with E-state index in [0.717, 1.165) is 5.56 Å². The second kappa shape index (κ2) is 8.14. The molecule has 7 nitrogen and oxygen atoms in total. The Balaban J connectivity index is 1.28. The van der Waals surface area contributed by atoms with Crippen LogP contribution in [0.4, 0.5) is 10.3 Å². The highest BCUT2D eigenvalue weighted by Gasteiger charge is 2.58. The molecule has 8 heteroatoms. The van der Waals surface area contributed by atoms with Crippen LogP contribution in [0.3, 0.4) is 0 Å². The predicted octanol–water partition coefficient (Wildman–Crippen LogP) is 1.40. The average molecular weight is 397 g/mol. The Morgan fingerprint density at radius 2 is 1.69 bits per heavy atom. The van der Waals surface area contributed by atoms with Crippen LogP contribution in [0.25, 0.3) is 0 Å². The van der Waals surface area contributed by atoms with Gasteiger partial charge in [0.05, 0.1) is 0 Å². The summed E-state index contributed by atoms with van der Waals surface area (Å²) in [7, 11) is 0. The number of nitrogens with zero attached hydrogens (tertiary/aromatic N) is 4. The number of hydrogen-bond acceptors (Lipinski definition) is 5. The third-order valence-corrected chi connectivity index (χ3v) is 5.61. The number of nitrogens with one attached hydrogen (secondary N) is 1. The summed E-state index contributed by atoms with van der Waals surface area (Å²) in [5, 5.41) is 2.89. The molecule has 152 valence electrons. The van der Waals surface area contributed by atoms with Gasteiger partial charge in [0.25, 0.3) is 0 Å². The van der Waals surface area contributed by atoms with Crippen LogP contribution >= 0.6 is 0 Å². The van der Waals surface area contributed by atoms with E-state index in [1.165, 1.54) is 12.1 Å². The SMILES string of the molecule is O=C(NCCc1ccc(F)cc1)C1(C(=O)N2CCN(c3ncccn3)CC2)CC1. The highest BCUT2D eigenvalue weighted by Crippen LogP contribution is 2.47. The number of carbonyl (C=O) groups excluding carboxylic acids is 2. The van der Waals surface area contributed by atoms with Gasteiger partial charge in [-0.05, 0) is 43.0 Å². The Kier molecular flexibility index (Phi) is 5.42. The molecule has 1 N–H and O–H groups in total. The van der Waals surface area contributed by atoms with Crippen molar-refractivity contribution in [1.82, 2.24) is 20.2 Å². The van der Waals surface area contributed by atoms with Gasteiger partial charge >= 0.3 is 0 Å². The van der Waals surface area contributed by atoms with Crippen LogP contribution < -0.4 is 10.2 Å². The molecule has 0 bridgehead atoms. The molecule has 1 aliphatic heterocycles. The van der Waals surface area contributed by atoms with Gasteiger partial charge in [-0.2, -0.15) is 0 Å². The van der Waals surface area contributed by atoms with Gasteiger partial charge < -0.3 is 15.1 Å². The fourth-order valence-electron chi connectivity index (χ4n) is 3.67. The predicted molar refractivity (Wildman–Crippen MR) is 106 cm³/mol. The van der Waals surface area contributed by atoms with Crippen molar-refractivity contribution in [1.29, 1.82) is 0 Å². The number of piperazine rings is 1. The van der Waals surface area contributed by atoms with Crippen LogP contribution in [0.2, 0.25) is 0 Å². The quantitative estimate of drug-likeness (QED) is 0.746. The molecule has 0 spiro atoms. The summed E-state index contributed by atoms with van der Waals surface area (Å²) in [6.07, 6.45) is 5.20. The number of amides is 2. The summed E-state index contributed by atoms with van der Waals surface area (Å²) in [5.74, 6) is 0.113. The van der Waals surface area contributed by atoms with Gasteiger partial charge in [0.1, 0.15) is 11.2 Å². The summed E-state index contributed by atoms with van der Waals surface area (Å²) in [6, 6.07) is 7.99. The minimum absolute atomic E-state index is 0.0783. The Bertz CT molecular complexity index is 862. The minimum atomic E-state index is -0.909. The van der Waals surface area contributed by atoms with Gasteiger partial charge in [-0.1, -0.05) is 12.1 Å². The molecule has 2 aliphatic rings. The van der Waals surface area contributed by atoms with Gasteiger partial charge in [0.2, 0.25) is 17.8 Å². The molecule has 4 rings (SSSR count). The minimum Gasteiger partial charge on any atom is -0.355 e. The number of halogens is 1. The van der Waals surface area contributed by atoms with Crippen LogP contribution in [0, 0.1) is 11.2 Å². The maximum Gasteiger partial charge on any atom is 0.238 e. The lowest BCUT2D eigenvalue weighted by molar-refractivity contribution is -0.144. The lowest BCUT2D eigenvalue weighted by Crippen LogP contribution is -2.53. The zero-order valence-electron chi connectivity index (χ0n) is 16.2. The molecule has 29 heavy (non-hydrogen) atoms. The third-order valence-electron chi connectivity index (χ3n) is 5.61. The first kappa shape index (κ1) is 19.3. The Morgan fingerprint density at radius 1 is 1.03 bits per heavy atom. The number of rotatable bonds is 6. The molecule has 1 aliphatic carbocycles. The summed E-state index contributed by atoms with van der Waals surface area (Å²) < 4.78 is 13.0. The first-order chi connectivity index (χ1) is 14.1. The van der Waals surface area contributed by atoms with Gasteiger partial charge in [0, 0.05) is 45.1 Å². The largest absolute Gasteiger partial charge is 0.355 e. The zero-order valence-corrected chi connectivity index (χ0v) is 16.2. The first-order valence-electron chi connectivity index (χ1n) is 9.93. The van der Waals surface area contributed by atoms with Gasteiger partial charge in [0.15, 0.2) is 0 Å². The molecule has 2 heterocycles. The molecule has 1 saturated carbocycles. The van der Waals surface area contributed by atoms with Crippen molar-refractivity contribution in [3.05, 3.63) is 54.1 Å². The first-order valence-corrected chi connectivity index (χ1v) is 9.93. The Morgan fingerprint density at radius 3 is 2.31 bits per heavy atom. The van der Waals surface area contributed by atoms with Gasteiger partial charge in [-0.3, -0.25) is 9.59 Å². The van der Waals surface area contributed by atoms with Crippen molar-refractivity contribution >= 4 is 17.8 Å². The molecule has 1 aromatic carbocycles. The molecule has 1 aromatic heterocycles. The molecule has 0 unspecified atom stereocenters. The summed E-state index contributed by atoms with van der Waals surface area (Å²) in [5.41, 5.74) is 0.0379. The topological polar surface area (TPSA) is 78.4 Å². The van der Waals surface area contributed by atoms with E-state index in [0.29, 0.717) is 57.9 Å². The average Bonchev–Trinajstić information content (AvgIpc) is 3.57. The van der Waals surface area contributed by atoms with Crippen molar-refractivity contribution in [2.24, 2.45) is 5.41 Å². The van der Waals surface area contributed by atoms with E-state index < -0.39 is 5.41 Å². The van der Waals surface area contributed by atoms with E-state index in [2.05, 4.69) is 15.3 Å². The van der Waals surface area contributed by atoms with E-state index in [-0.39, 0.29) is 17.6 Å². The fourth-order valence-corrected chi connectivity index (χ4v) is 3.67. The number of hydrogen-bond donors (Lipinski definition) is 1. The number of benzene rings is 1. The highest BCUT2D eigenvalue weighted by molar-refractivity contribution is 6.07. The number of anilines is 1. The number of aromatic nitrogens is 2. The van der Waals surface area contributed by atoms with Crippen LogP contribution in [0.5, 0.6) is 0 Å². The smallest absolute Gasteiger partial charge is 0.238 e. The summed E-state index contributed by atoms with van der Waals surface area (Å²) in [4.78, 5) is 38.0. The van der Waals surface area contributed by atoms with E-state index >= 15 is 0 Å². The molecule has 0 atom stereocenters. The summed E-state index contributed by atoms with van der Waals surface area (Å²) in [6.45, 7) is 2.85. The lowest BCUT2D eigenvalue weighted by atomic mass is 10.0. The van der Waals surface area contributed by atoms with Crippen LogP contribution in [-0.2, 0) is 16.0 Å². The highest BCUT2D eigenvalue weighted by atomic mass is 19.1. The van der Waals surface area contributed by atoms with Crippen LogP contribution in [0.1, 0.15) is 18.4 Å². The van der Waals surface area contributed by atoms with Crippen molar-refractivity contribution in [3.8, 4) is 0 Å². The maximum atomic E-state index is 13.0. The maximum absolute atomic E-state index is 13.0. The van der Waals surface area contributed by atoms with Crippen molar-refractivity contribution in [3.63, 3.8) is 0 Å². The number of carbonyl (C=O) groups is 2. The summed E-state index contributed by atoms with van der Waals surface area (Å²) >= 11 is 0. The third kappa shape index (κ3) is 4.21. The van der Waals surface area contributed by atoms with Gasteiger partial charge in [-0.15, -0.1) is 0 Å². The van der Waals surface area contributed by atoms with Gasteiger partial charge in [-0.25, -0.2) is 14.4 Å². The van der Waals surface area contributed by atoms with Crippen LogP contribution in [0.15, 0.2) is 42.7 Å².